The van der Waals surface area contributed by atoms with Crippen molar-refractivity contribution in [3.63, 3.8) is 0 Å². The second-order valence-corrected chi connectivity index (χ2v) is 8.62. The summed E-state index contributed by atoms with van der Waals surface area (Å²) >= 11 is 12.1. The SMILES string of the molecule is COc1cc2c(cc1OC)C(c1cccc(C(F)(F)F)c1)N(C(=O)c1ccc(Cl)c(Cl)c1)CC2. The molecule has 4 nitrogen and oxygen atoms in total. The highest BCUT2D eigenvalue weighted by atomic mass is 35.5. The number of halogens is 5. The van der Waals surface area contributed by atoms with Crippen LogP contribution in [0.15, 0.2) is 54.6 Å². The second kappa shape index (κ2) is 9.39. The first kappa shape index (κ1) is 24.2. The van der Waals surface area contributed by atoms with Crippen LogP contribution in [0, 0.1) is 0 Å². The van der Waals surface area contributed by atoms with Crippen LogP contribution in [0.1, 0.15) is 38.7 Å². The fraction of sp³-hybridized carbons (Fsp3) is 0.240. The number of hydrogen-bond acceptors (Lipinski definition) is 3. The summed E-state index contributed by atoms with van der Waals surface area (Å²) in [7, 11) is 2.99. The molecule has 1 aliphatic heterocycles. The monoisotopic (exact) mass is 509 g/mol. The molecule has 1 heterocycles. The van der Waals surface area contributed by atoms with Gasteiger partial charge >= 0.3 is 6.18 Å². The molecule has 0 fully saturated rings. The Bertz CT molecular complexity index is 1250. The summed E-state index contributed by atoms with van der Waals surface area (Å²) in [6, 6.07) is 12.3. The van der Waals surface area contributed by atoms with Crippen molar-refractivity contribution >= 4 is 29.1 Å². The van der Waals surface area contributed by atoms with E-state index in [0.717, 1.165) is 17.7 Å². The number of methoxy groups -OCH3 is 2. The first-order chi connectivity index (χ1) is 16.1. The van der Waals surface area contributed by atoms with Crippen molar-refractivity contribution < 1.29 is 27.4 Å². The summed E-state index contributed by atoms with van der Waals surface area (Å²) in [5.41, 5.74) is 1.35. The van der Waals surface area contributed by atoms with Gasteiger partial charge in [-0.2, -0.15) is 13.2 Å². The lowest BCUT2D eigenvalue weighted by atomic mass is 9.86. The Morgan fingerprint density at radius 3 is 2.32 bits per heavy atom. The van der Waals surface area contributed by atoms with Gasteiger partial charge in [0.2, 0.25) is 0 Å². The van der Waals surface area contributed by atoms with Crippen molar-refractivity contribution in [1.29, 1.82) is 0 Å². The molecule has 9 heteroatoms. The lowest BCUT2D eigenvalue weighted by Crippen LogP contribution is -2.40. The zero-order chi connectivity index (χ0) is 24.6. The van der Waals surface area contributed by atoms with Crippen LogP contribution in [-0.4, -0.2) is 31.6 Å². The average Bonchev–Trinajstić information content (AvgIpc) is 2.83. The van der Waals surface area contributed by atoms with E-state index >= 15 is 0 Å². The number of rotatable bonds is 4. The molecule has 1 amide bonds. The molecule has 0 spiro atoms. The molecule has 0 saturated carbocycles. The van der Waals surface area contributed by atoms with Gasteiger partial charge in [0.25, 0.3) is 5.91 Å². The number of carbonyl (C=O) groups is 1. The summed E-state index contributed by atoms with van der Waals surface area (Å²) in [6.07, 6.45) is -4.04. The van der Waals surface area contributed by atoms with E-state index in [4.69, 9.17) is 32.7 Å². The van der Waals surface area contributed by atoms with E-state index in [1.807, 2.05) is 0 Å². The number of amides is 1. The second-order valence-electron chi connectivity index (χ2n) is 7.81. The molecule has 0 radical (unpaired) electrons. The molecule has 0 N–H and O–H groups in total. The van der Waals surface area contributed by atoms with Gasteiger partial charge in [-0.15, -0.1) is 0 Å². The molecule has 0 bridgehead atoms. The number of benzene rings is 3. The Kier molecular flexibility index (Phi) is 6.69. The van der Waals surface area contributed by atoms with Gasteiger partial charge in [-0.25, -0.2) is 0 Å². The van der Waals surface area contributed by atoms with Crippen LogP contribution < -0.4 is 9.47 Å². The highest BCUT2D eigenvalue weighted by Crippen LogP contribution is 2.43. The Hall–Kier alpha value is -2.90. The van der Waals surface area contributed by atoms with Gasteiger partial charge in [0, 0.05) is 12.1 Å². The number of fused-ring (bicyclic) bond motifs is 1. The van der Waals surface area contributed by atoms with Crippen LogP contribution in [0.2, 0.25) is 10.0 Å². The molecule has 1 unspecified atom stereocenters. The van der Waals surface area contributed by atoms with Gasteiger partial charge in [-0.05, 0) is 65.6 Å². The molecule has 4 rings (SSSR count). The van der Waals surface area contributed by atoms with E-state index in [1.165, 1.54) is 32.4 Å². The minimum atomic E-state index is -4.52. The van der Waals surface area contributed by atoms with Crippen molar-refractivity contribution in [2.75, 3.05) is 20.8 Å². The van der Waals surface area contributed by atoms with Crippen molar-refractivity contribution in [3.05, 3.63) is 92.5 Å². The maximum absolute atomic E-state index is 13.6. The topological polar surface area (TPSA) is 38.8 Å². The summed E-state index contributed by atoms with van der Waals surface area (Å²) in [6.45, 7) is 0.280. The minimum Gasteiger partial charge on any atom is -0.493 e. The van der Waals surface area contributed by atoms with E-state index in [1.54, 1.807) is 29.2 Å². The van der Waals surface area contributed by atoms with Gasteiger partial charge in [-0.1, -0.05) is 35.3 Å². The third kappa shape index (κ3) is 4.55. The van der Waals surface area contributed by atoms with Crippen LogP contribution >= 0.6 is 23.2 Å². The Morgan fingerprint density at radius 2 is 1.68 bits per heavy atom. The zero-order valence-corrected chi connectivity index (χ0v) is 19.8. The number of carbonyl (C=O) groups excluding carboxylic acids is 1. The molecular formula is C25H20Cl2F3NO3. The minimum absolute atomic E-state index is 0.215. The normalized spacial score (nSPS) is 15.6. The highest BCUT2D eigenvalue weighted by Gasteiger charge is 2.36. The number of alkyl halides is 3. The molecular weight excluding hydrogens is 490 g/mol. The van der Waals surface area contributed by atoms with Crippen LogP contribution in [0.5, 0.6) is 11.5 Å². The van der Waals surface area contributed by atoms with E-state index < -0.39 is 17.8 Å². The molecule has 1 atom stereocenters. The third-order valence-electron chi connectivity index (χ3n) is 5.83. The molecule has 3 aromatic carbocycles. The van der Waals surface area contributed by atoms with Gasteiger partial charge < -0.3 is 14.4 Å². The maximum atomic E-state index is 13.6. The van der Waals surface area contributed by atoms with Gasteiger partial charge in [-0.3, -0.25) is 4.79 Å². The highest BCUT2D eigenvalue weighted by molar-refractivity contribution is 6.42. The van der Waals surface area contributed by atoms with Crippen molar-refractivity contribution in [2.24, 2.45) is 0 Å². The Morgan fingerprint density at radius 1 is 0.971 bits per heavy atom. The van der Waals surface area contributed by atoms with Crippen LogP contribution in [0.3, 0.4) is 0 Å². The summed E-state index contributed by atoms with van der Waals surface area (Å²) in [4.78, 5) is 15.1. The largest absolute Gasteiger partial charge is 0.493 e. The standard InChI is InChI=1S/C25H20Cl2F3NO3/c1-33-21-12-14-8-9-31(24(32)16-6-7-19(26)20(27)11-16)23(18(14)13-22(21)34-2)15-4-3-5-17(10-15)25(28,29)30/h3-7,10-13,23H,8-9H2,1-2H3. The predicted molar refractivity (Wildman–Crippen MR) is 124 cm³/mol. The fourth-order valence-electron chi connectivity index (χ4n) is 4.20. The summed E-state index contributed by atoms with van der Waals surface area (Å²) < 4.78 is 51.3. The van der Waals surface area contributed by atoms with Crippen molar-refractivity contribution in [3.8, 4) is 11.5 Å². The molecule has 0 saturated heterocycles. The molecule has 1 aliphatic rings. The average molecular weight is 510 g/mol. The third-order valence-corrected chi connectivity index (χ3v) is 6.57. The number of nitrogens with zero attached hydrogens (tertiary/aromatic N) is 1. The molecule has 178 valence electrons. The zero-order valence-electron chi connectivity index (χ0n) is 18.2. The van der Waals surface area contributed by atoms with E-state index in [9.17, 15) is 18.0 Å². The summed E-state index contributed by atoms with van der Waals surface area (Å²) in [5, 5.41) is 0.514. The van der Waals surface area contributed by atoms with E-state index in [2.05, 4.69) is 0 Å². The first-order valence-electron chi connectivity index (χ1n) is 10.3. The predicted octanol–water partition coefficient (Wildman–Crippen LogP) is 6.82. The van der Waals surface area contributed by atoms with Gasteiger partial charge in [0.05, 0.1) is 35.9 Å². The van der Waals surface area contributed by atoms with Crippen molar-refractivity contribution in [1.82, 2.24) is 4.90 Å². The fourth-order valence-corrected chi connectivity index (χ4v) is 4.50. The van der Waals surface area contributed by atoms with Crippen molar-refractivity contribution in [2.45, 2.75) is 18.6 Å². The Labute approximate surface area is 204 Å². The van der Waals surface area contributed by atoms with Crippen LogP contribution in [0.4, 0.5) is 13.2 Å². The van der Waals surface area contributed by atoms with Crippen LogP contribution in [0.25, 0.3) is 0 Å². The lowest BCUT2D eigenvalue weighted by molar-refractivity contribution is -0.137. The quantitative estimate of drug-likeness (QED) is 0.387. The summed E-state index contributed by atoms with van der Waals surface area (Å²) in [5.74, 6) is 0.553. The smallest absolute Gasteiger partial charge is 0.416 e. The van der Waals surface area contributed by atoms with E-state index in [0.29, 0.717) is 34.1 Å². The van der Waals surface area contributed by atoms with E-state index in [-0.39, 0.29) is 23.0 Å². The maximum Gasteiger partial charge on any atom is 0.416 e. The molecule has 0 aliphatic carbocycles. The molecule has 0 aromatic heterocycles. The first-order valence-corrected chi connectivity index (χ1v) is 11.1. The van der Waals surface area contributed by atoms with Crippen LogP contribution in [-0.2, 0) is 12.6 Å². The molecule has 34 heavy (non-hydrogen) atoms. The molecule has 3 aromatic rings. The number of ether oxygens (including phenoxy) is 2. The Balaban J connectivity index is 1.89. The van der Waals surface area contributed by atoms with Gasteiger partial charge in [0.15, 0.2) is 11.5 Å². The number of hydrogen-bond donors (Lipinski definition) is 0. The van der Waals surface area contributed by atoms with Gasteiger partial charge in [0.1, 0.15) is 0 Å². The lowest BCUT2D eigenvalue weighted by Gasteiger charge is -2.38.